The molecule has 16 fully saturated rings. The summed E-state index contributed by atoms with van der Waals surface area (Å²) in [5.74, 6) is 20.1. The highest BCUT2D eigenvalue weighted by Crippen LogP contribution is 2.58. The van der Waals surface area contributed by atoms with Gasteiger partial charge in [0, 0.05) is 20.6 Å². The number of hydrogen-bond donors (Lipinski definition) is 0. The molecule has 0 aromatic rings. The van der Waals surface area contributed by atoms with Crippen molar-refractivity contribution in [2.24, 2.45) is 142 Å². The Morgan fingerprint density at radius 1 is 0.356 bits per heavy atom. The van der Waals surface area contributed by atoms with Gasteiger partial charge in [0.2, 0.25) is 0 Å². The summed E-state index contributed by atoms with van der Waals surface area (Å²) in [5.41, 5.74) is 0. The molecule has 536 valence electrons. The Balaban J connectivity index is 0.000000300. The third-order valence-electron chi connectivity index (χ3n) is 26.9. The van der Waals surface area contributed by atoms with Crippen LogP contribution in [0.2, 0.25) is 0 Å². The lowest BCUT2D eigenvalue weighted by Gasteiger charge is -2.54. The summed E-state index contributed by atoms with van der Waals surface area (Å²) in [6, 6.07) is 0. The Labute approximate surface area is 593 Å². The van der Waals surface area contributed by atoms with Crippen molar-refractivity contribution in [1.29, 1.82) is 0 Å². The van der Waals surface area contributed by atoms with E-state index in [4.69, 9.17) is 20.6 Å². The maximum absolute atomic E-state index is 7.38. The van der Waals surface area contributed by atoms with Gasteiger partial charge in [-0.2, -0.15) is 0 Å². The standard InChI is InChI=1S/C12H20.C11H18.C9H16.C8H14.C8H16.2C7H14.C6H12.2C6H14.2C5H12/c1-2-12-10-4-8-3-9(6-10)7-11(12)5-8;1-7-10-3-8-2-9(5-10)6-11(7)4-8;1-2-8-5-7-3-4-9(8)6-7;1-6-4-7-2-3-8(6)5-7;1-2-8-6-4-3-5-7-8;1-7-5-3-2-4-6-7;1-2-7-5-3-4-6-7;1-6-4-2-3-5-6;1-4-5-6(2)3;1-4-6(3)5-2;2*1-4-5(2)3/h8-12H,2-7H2,1H3;7-11H,2-6H2,1H3;7-9H,2-6H2,1H3;6-8H,2-5H2,1H3;8H,2-7H2,1H3;2*7H,2-6H2,1H3;6H,2-5H2,1H3;2*6H,4-5H2,1-3H3;2*5H,4H2,1-3H3/i;;;;;;;;;;2D3,3D3,4D2,5D;2D3,3D3. The van der Waals surface area contributed by atoms with Crippen molar-refractivity contribution < 1.29 is 20.6 Å². The molecule has 0 amide bonds. The average Bonchev–Trinajstić information content (AvgIpc) is 1.10. The molecule has 0 nitrogen and oxygen atoms in total. The van der Waals surface area contributed by atoms with Crippen molar-refractivity contribution >= 4 is 0 Å². The van der Waals surface area contributed by atoms with Gasteiger partial charge in [0.25, 0.3) is 0 Å². The molecule has 0 spiro atoms. The van der Waals surface area contributed by atoms with Gasteiger partial charge < -0.3 is 0 Å². The molecule has 0 N–H and O–H groups in total. The van der Waals surface area contributed by atoms with Gasteiger partial charge in [0.1, 0.15) is 0 Å². The first-order valence-electron chi connectivity index (χ1n) is 49.1. The van der Waals surface area contributed by atoms with Gasteiger partial charge in [-0.3, -0.25) is 0 Å². The molecule has 16 aliphatic carbocycles. The Kier molecular flexibility index (Phi) is 34.2. The molecule has 90 heavy (non-hydrogen) atoms. The van der Waals surface area contributed by atoms with E-state index in [0.717, 1.165) is 137 Å². The molecule has 12 bridgehead atoms. The Morgan fingerprint density at radius 3 is 0.944 bits per heavy atom. The zero-order valence-electron chi connectivity index (χ0n) is 79.1. The molecule has 16 saturated carbocycles. The minimum atomic E-state index is -3.20. The van der Waals surface area contributed by atoms with Crippen LogP contribution in [0, 0.1) is 142 Å². The predicted molar refractivity (Wildman–Crippen MR) is 410 cm³/mol. The number of hydrogen-bond acceptors (Lipinski definition) is 0. The topological polar surface area (TPSA) is 0 Å². The van der Waals surface area contributed by atoms with E-state index in [2.05, 4.69) is 96.9 Å². The van der Waals surface area contributed by atoms with Gasteiger partial charge in [-0.15, -0.1) is 0 Å². The summed E-state index contributed by atoms with van der Waals surface area (Å²) >= 11 is 0. The first-order valence-corrected chi connectivity index (χ1v) is 41.6. The maximum Gasteiger partial charge on any atom is 0.0297 e. The largest absolute Gasteiger partial charge is 0.0654 e. The monoisotopic (exact) mass is 1270 g/mol. The molecule has 0 radical (unpaired) electrons. The highest BCUT2D eigenvalue weighted by atomic mass is 14.5. The first kappa shape index (κ1) is 62.3. The van der Waals surface area contributed by atoms with E-state index >= 15 is 0 Å². The molecule has 0 heterocycles. The van der Waals surface area contributed by atoms with E-state index in [1.54, 1.807) is 122 Å². The normalized spacial score (nSPS) is 37.7. The van der Waals surface area contributed by atoms with E-state index in [9.17, 15) is 0 Å². The molecule has 0 saturated heterocycles. The molecule has 0 aromatic heterocycles. The third kappa shape index (κ3) is 34.5. The summed E-state index contributed by atoms with van der Waals surface area (Å²) in [4.78, 5) is 0. The fraction of sp³-hybridized carbons (Fsp3) is 1.00. The van der Waals surface area contributed by atoms with Crippen molar-refractivity contribution in [3.8, 4) is 0 Å². The first-order chi connectivity index (χ1) is 49.1. The van der Waals surface area contributed by atoms with Crippen LogP contribution in [0.4, 0.5) is 0 Å². The second-order valence-electron chi connectivity index (χ2n) is 34.6. The van der Waals surface area contributed by atoms with Crippen molar-refractivity contribution in [3.63, 3.8) is 0 Å². The van der Waals surface area contributed by atoms with E-state index in [1.165, 1.54) is 167 Å². The van der Waals surface area contributed by atoms with Crippen molar-refractivity contribution in [2.75, 3.05) is 0 Å². The smallest absolute Gasteiger partial charge is 0.0297 e. The summed E-state index contributed by atoms with van der Waals surface area (Å²) in [6.45, 7) is 23.7. The number of rotatable bonds is 10. The third-order valence-corrected chi connectivity index (χ3v) is 26.9. The molecule has 6 unspecified atom stereocenters. The number of fused-ring (bicyclic) bond motifs is 4. The molecule has 16 rings (SSSR count). The Hall–Kier alpha value is 0. The molecule has 6 atom stereocenters. The minimum absolute atomic E-state index is 0.160. The van der Waals surface area contributed by atoms with E-state index < -0.39 is 45.6 Å². The van der Waals surface area contributed by atoms with Crippen LogP contribution in [0.3, 0.4) is 0 Å². The molecular formula is C90H176. The quantitative estimate of drug-likeness (QED) is 0.205. The Bertz CT molecular complexity index is 2040. The maximum atomic E-state index is 7.38. The van der Waals surface area contributed by atoms with Crippen LogP contribution in [0.25, 0.3) is 0 Å². The van der Waals surface area contributed by atoms with Gasteiger partial charge in [0.05, 0.1) is 0 Å². The van der Waals surface area contributed by atoms with E-state index in [1.807, 2.05) is 0 Å². The molecule has 0 heteroatoms. The highest BCUT2D eigenvalue weighted by molar-refractivity contribution is 4.98. The average molecular weight is 1270 g/mol. The van der Waals surface area contributed by atoms with Crippen LogP contribution < -0.4 is 0 Å². The zero-order valence-corrected chi connectivity index (χ0v) is 64.1. The summed E-state index contributed by atoms with van der Waals surface area (Å²) < 4.78 is 105. The molecule has 0 aliphatic heterocycles. The van der Waals surface area contributed by atoms with Crippen LogP contribution in [-0.4, -0.2) is 0 Å². The second kappa shape index (κ2) is 49.5. The molecule has 16 aliphatic rings. The van der Waals surface area contributed by atoms with Gasteiger partial charge >= 0.3 is 0 Å². The molecule has 0 aromatic carbocycles. The second-order valence-corrected chi connectivity index (χ2v) is 34.6. The van der Waals surface area contributed by atoms with Crippen molar-refractivity contribution in [3.05, 3.63) is 0 Å². The van der Waals surface area contributed by atoms with Crippen molar-refractivity contribution in [2.45, 2.75) is 433 Å². The lowest BCUT2D eigenvalue weighted by molar-refractivity contribution is -0.0376. The minimum Gasteiger partial charge on any atom is -0.0654 e. The summed E-state index contributed by atoms with van der Waals surface area (Å²) in [7, 11) is 0. The van der Waals surface area contributed by atoms with Crippen LogP contribution in [0.15, 0.2) is 0 Å². The summed E-state index contributed by atoms with van der Waals surface area (Å²) in [5, 5.41) is 0. The lowest BCUT2D eigenvalue weighted by Crippen LogP contribution is -2.44. The highest BCUT2D eigenvalue weighted by Gasteiger charge is 2.48. The molecular weight excluding hydrogens is 1080 g/mol. The zero-order chi connectivity index (χ0) is 79.1. The van der Waals surface area contributed by atoms with E-state index in [-0.39, 0.29) is 6.42 Å². The van der Waals surface area contributed by atoms with Gasteiger partial charge in [-0.1, -0.05) is 331 Å². The van der Waals surface area contributed by atoms with Gasteiger partial charge in [-0.05, 0) is 245 Å². The van der Waals surface area contributed by atoms with Gasteiger partial charge in [-0.25, -0.2) is 0 Å². The Morgan fingerprint density at radius 2 is 0.756 bits per heavy atom. The summed E-state index contributed by atoms with van der Waals surface area (Å²) in [6.07, 6.45) is 64.0. The fourth-order valence-corrected chi connectivity index (χ4v) is 20.7. The van der Waals surface area contributed by atoms with Crippen LogP contribution in [0.1, 0.15) is 454 Å². The van der Waals surface area contributed by atoms with Crippen LogP contribution >= 0.6 is 0 Å². The van der Waals surface area contributed by atoms with Crippen LogP contribution in [0.5, 0.6) is 0 Å². The van der Waals surface area contributed by atoms with E-state index in [0.29, 0.717) is 0 Å². The SMILES string of the molecule is CC1C2CC3CC(C2)CC1C3.CC1CC2CCC1C2.CC1CCCC1.CC1CCCCC1.CCC(C)CC.CCC1C2CC3CC(C2)CC1C3.CCC1CC2CCC1C2.CCC1CCCC1.CCC1CCCCC1.CCCC(C)C.[2H]C([2H])([2H])C(CC)C([2H])([2H])[2H].[2H]C([2H])([2H])C([2H])(C([2H])([2H])[2H])C([2H])([2H])C. The lowest BCUT2D eigenvalue weighted by atomic mass is 9.51. The predicted octanol–water partition coefficient (Wildman–Crippen LogP) is 31.2. The van der Waals surface area contributed by atoms with Crippen molar-refractivity contribution in [1.82, 2.24) is 0 Å². The van der Waals surface area contributed by atoms with Gasteiger partial charge in [0.15, 0.2) is 0 Å². The fourth-order valence-electron chi connectivity index (χ4n) is 20.7. The van der Waals surface area contributed by atoms with Crippen LogP contribution in [-0.2, 0) is 0 Å².